The second-order valence-corrected chi connectivity index (χ2v) is 7.27. The van der Waals surface area contributed by atoms with E-state index in [9.17, 15) is 9.59 Å². The van der Waals surface area contributed by atoms with Crippen molar-refractivity contribution in [1.82, 2.24) is 15.6 Å². The van der Waals surface area contributed by atoms with Gasteiger partial charge in [0.05, 0.1) is 5.52 Å². The van der Waals surface area contributed by atoms with Gasteiger partial charge in [-0.1, -0.05) is 25.0 Å². The molecule has 5 nitrogen and oxygen atoms in total. The van der Waals surface area contributed by atoms with Crippen LogP contribution in [0.2, 0.25) is 0 Å². The summed E-state index contributed by atoms with van der Waals surface area (Å²) in [7, 11) is 0. The molecule has 2 aromatic rings. The van der Waals surface area contributed by atoms with Crippen molar-refractivity contribution >= 4 is 22.7 Å². The van der Waals surface area contributed by atoms with Crippen LogP contribution in [-0.4, -0.2) is 28.9 Å². The number of aromatic nitrogens is 1. The Bertz CT molecular complexity index is 802. The third-order valence-electron chi connectivity index (χ3n) is 5.38. The lowest BCUT2D eigenvalue weighted by Gasteiger charge is -2.29. The number of fused-ring (bicyclic) bond motifs is 1. The van der Waals surface area contributed by atoms with Crippen molar-refractivity contribution in [3.8, 4) is 0 Å². The number of pyridine rings is 1. The van der Waals surface area contributed by atoms with Gasteiger partial charge in [0.1, 0.15) is 5.54 Å². The Morgan fingerprint density at radius 1 is 1.12 bits per heavy atom. The number of carbonyl (C=O) groups is 2. The standard InChI is InChI=1S/C20H23N3O2/c24-18(16-5-3-7-17-15(16)6-4-12-21-17)23-20(10-1-2-11-20)19(25)22-13-14-8-9-14/h3-7,12,14H,1-2,8-11,13H2,(H,22,25)(H,23,24). The average Bonchev–Trinajstić information content (AvgIpc) is 3.36. The molecule has 2 N–H and O–H groups in total. The minimum absolute atomic E-state index is 0.0244. The third-order valence-corrected chi connectivity index (χ3v) is 5.38. The SMILES string of the molecule is O=C(NC1(C(=O)NCC2CC2)CCCC1)c1cccc2ncccc12. The summed E-state index contributed by atoms with van der Waals surface area (Å²) in [5.74, 6) is 0.410. The van der Waals surface area contributed by atoms with Gasteiger partial charge in [0.15, 0.2) is 0 Å². The molecule has 2 saturated carbocycles. The van der Waals surface area contributed by atoms with Crippen LogP contribution in [0.25, 0.3) is 10.9 Å². The lowest BCUT2D eigenvalue weighted by molar-refractivity contribution is -0.127. The number of benzene rings is 1. The van der Waals surface area contributed by atoms with Crippen molar-refractivity contribution in [3.63, 3.8) is 0 Å². The van der Waals surface area contributed by atoms with Crippen molar-refractivity contribution in [2.24, 2.45) is 5.92 Å². The number of carbonyl (C=O) groups excluding carboxylic acids is 2. The average molecular weight is 337 g/mol. The first-order valence-corrected chi connectivity index (χ1v) is 9.12. The molecule has 0 spiro atoms. The molecule has 5 heteroatoms. The van der Waals surface area contributed by atoms with Crippen LogP contribution in [0.4, 0.5) is 0 Å². The van der Waals surface area contributed by atoms with Gasteiger partial charge >= 0.3 is 0 Å². The normalized spacial score (nSPS) is 18.9. The Morgan fingerprint density at radius 2 is 1.92 bits per heavy atom. The highest BCUT2D eigenvalue weighted by Gasteiger charge is 2.43. The van der Waals surface area contributed by atoms with Gasteiger partial charge in [0, 0.05) is 23.7 Å². The maximum Gasteiger partial charge on any atom is 0.252 e. The van der Waals surface area contributed by atoms with Crippen molar-refractivity contribution in [2.75, 3.05) is 6.54 Å². The molecular weight excluding hydrogens is 314 g/mol. The lowest BCUT2D eigenvalue weighted by Crippen LogP contribution is -2.57. The van der Waals surface area contributed by atoms with Crippen LogP contribution in [0.1, 0.15) is 48.9 Å². The highest BCUT2D eigenvalue weighted by atomic mass is 16.2. The number of amides is 2. The topological polar surface area (TPSA) is 71.1 Å². The molecule has 1 aromatic carbocycles. The van der Waals surface area contributed by atoms with Crippen LogP contribution in [0.5, 0.6) is 0 Å². The zero-order chi connectivity index (χ0) is 17.3. The van der Waals surface area contributed by atoms with Crippen LogP contribution in [-0.2, 0) is 4.79 Å². The summed E-state index contributed by atoms with van der Waals surface area (Å²) in [4.78, 5) is 30.1. The first kappa shape index (κ1) is 16.1. The predicted octanol–water partition coefficient (Wildman–Crippen LogP) is 2.80. The van der Waals surface area contributed by atoms with Crippen molar-refractivity contribution < 1.29 is 9.59 Å². The summed E-state index contributed by atoms with van der Waals surface area (Å²) in [6, 6.07) is 9.24. The van der Waals surface area contributed by atoms with Gasteiger partial charge in [-0.15, -0.1) is 0 Å². The maximum absolute atomic E-state index is 13.0. The lowest BCUT2D eigenvalue weighted by atomic mass is 9.95. The van der Waals surface area contributed by atoms with Crippen LogP contribution >= 0.6 is 0 Å². The van der Waals surface area contributed by atoms with Gasteiger partial charge in [0.2, 0.25) is 5.91 Å². The second kappa shape index (κ2) is 6.47. The molecular formula is C20H23N3O2. The fourth-order valence-corrected chi connectivity index (χ4v) is 3.70. The highest BCUT2D eigenvalue weighted by molar-refractivity contribution is 6.08. The minimum atomic E-state index is -0.768. The Balaban J connectivity index is 1.56. The largest absolute Gasteiger partial charge is 0.354 e. The van der Waals surface area contributed by atoms with Gasteiger partial charge in [-0.05, 0) is 49.8 Å². The predicted molar refractivity (Wildman–Crippen MR) is 96.1 cm³/mol. The van der Waals surface area contributed by atoms with Crippen LogP contribution < -0.4 is 10.6 Å². The Morgan fingerprint density at radius 3 is 2.68 bits per heavy atom. The molecule has 0 radical (unpaired) electrons. The Labute approximate surface area is 147 Å². The molecule has 0 aliphatic heterocycles. The van der Waals surface area contributed by atoms with E-state index in [0.29, 0.717) is 24.3 Å². The highest BCUT2D eigenvalue weighted by Crippen LogP contribution is 2.32. The molecule has 0 bridgehead atoms. The molecule has 2 aliphatic rings. The van der Waals surface area contributed by atoms with E-state index in [-0.39, 0.29) is 11.8 Å². The molecule has 0 atom stereocenters. The molecule has 0 unspecified atom stereocenters. The zero-order valence-electron chi connectivity index (χ0n) is 14.3. The van der Waals surface area contributed by atoms with Gasteiger partial charge < -0.3 is 10.6 Å². The van der Waals surface area contributed by atoms with E-state index < -0.39 is 5.54 Å². The molecule has 0 saturated heterocycles. The number of nitrogens with zero attached hydrogens (tertiary/aromatic N) is 1. The van der Waals surface area contributed by atoms with Crippen molar-refractivity contribution in [2.45, 2.75) is 44.1 Å². The van der Waals surface area contributed by atoms with Crippen molar-refractivity contribution in [1.29, 1.82) is 0 Å². The van der Waals surface area contributed by atoms with E-state index in [2.05, 4.69) is 15.6 Å². The summed E-state index contributed by atoms with van der Waals surface area (Å²) < 4.78 is 0. The fraction of sp³-hybridized carbons (Fsp3) is 0.450. The molecule has 25 heavy (non-hydrogen) atoms. The molecule has 130 valence electrons. The summed E-state index contributed by atoms with van der Waals surface area (Å²) in [6.45, 7) is 0.731. The minimum Gasteiger partial charge on any atom is -0.354 e. The van der Waals surface area contributed by atoms with E-state index in [1.807, 2.05) is 24.3 Å². The van der Waals surface area contributed by atoms with Gasteiger partial charge in [-0.25, -0.2) is 0 Å². The Hall–Kier alpha value is -2.43. The monoisotopic (exact) mass is 337 g/mol. The first-order chi connectivity index (χ1) is 12.2. The van der Waals surface area contributed by atoms with E-state index in [1.54, 1.807) is 12.3 Å². The number of nitrogens with one attached hydrogen (secondary N) is 2. The van der Waals surface area contributed by atoms with E-state index in [0.717, 1.165) is 30.3 Å². The summed E-state index contributed by atoms with van der Waals surface area (Å²) >= 11 is 0. The number of hydrogen-bond donors (Lipinski definition) is 2. The Kier molecular flexibility index (Phi) is 4.15. The van der Waals surface area contributed by atoms with E-state index in [1.165, 1.54) is 12.8 Å². The summed E-state index contributed by atoms with van der Waals surface area (Å²) in [5.41, 5.74) is 0.594. The van der Waals surface area contributed by atoms with Gasteiger partial charge in [-0.3, -0.25) is 14.6 Å². The molecule has 2 aliphatic carbocycles. The summed E-state index contributed by atoms with van der Waals surface area (Å²) in [5, 5.41) is 6.94. The molecule has 2 amide bonds. The van der Waals surface area contributed by atoms with Gasteiger partial charge in [0.25, 0.3) is 5.91 Å². The first-order valence-electron chi connectivity index (χ1n) is 9.12. The van der Waals surface area contributed by atoms with Crippen molar-refractivity contribution in [3.05, 3.63) is 42.1 Å². The van der Waals surface area contributed by atoms with E-state index >= 15 is 0 Å². The number of hydrogen-bond acceptors (Lipinski definition) is 3. The zero-order valence-corrected chi connectivity index (χ0v) is 14.3. The molecule has 1 aromatic heterocycles. The quantitative estimate of drug-likeness (QED) is 0.881. The molecule has 2 fully saturated rings. The second-order valence-electron chi connectivity index (χ2n) is 7.27. The number of rotatable bonds is 5. The van der Waals surface area contributed by atoms with Crippen LogP contribution in [0.3, 0.4) is 0 Å². The fourth-order valence-electron chi connectivity index (χ4n) is 3.70. The molecule has 1 heterocycles. The van der Waals surface area contributed by atoms with Gasteiger partial charge in [-0.2, -0.15) is 0 Å². The smallest absolute Gasteiger partial charge is 0.252 e. The van der Waals surface area contributed by atoms with Crippen LogP contribution in [0, 0.1) is 5.92 Å². The van der Waals surface area contributed by atoms with Crippen LogP contribution in [0.15, 0.2) is 36.5 Å². The third kappa shape index (κ3) is 3.23. The van der Waals surface area contributed by atoms with E-state index in [4.69, 9.17) is 0 Å². The maximum atomic E-state index is 13.0. The molecule has 4 rings (SSSR count). The summed E-state index contributed by atoms with van der Waals surface area (Å²) in [6.07, 6.45) is 7.46.